The van der Waals surface area contributed by atoms with Crippen molar-refractivity contribution >= 4 is 11.6 Å². The topological polar surface area (TPSA) is 12.0 Å². The van der Waals surface area contributed by atoms with Crippen LogP contribution in [0.1, 0.15) is 32.3 Å². The molecule has 2 heteroatoms. The van der Waals surface area contributed by atoms with Crippen LogP contribution < -0.4 is 5.32 Å². The molecule has 1 saturated carbocycles. The SMILES string of the molecule is CC(Cc1ccccc1Cl)NC(C)C1CC2C=CC1C2. The summed E-state index contributed by atoms with van der Waals surface area (Å²) in [7, 11) is 0. The number of hydrogen-bond acceptors (Lipinski definition) is 1. The van der Waals surface area contributed by atoms with Crippen LogP contribution >= 0.6 is 11.6 Å². The van der Waals surface area contributed by atoms with Crippen LogP contribution in [0.3, 0.4) is 0 Å². The molecule has 1 fully saturated rings. The molecule has 1 aromatic rings. The van der Waals surface area contributed by atoms with Gasteiger partial charge in [0, 0.05) is 17.1 Å². The summed E-state index contributed by atoms with van der Waals surface area (Å²) in [4.78, 5) is 0. The molecule has 0 radical (unpaired) electrons. The van der Waals surface area contributed by atoms with E-state index in [4.69, 9.17) is 11.6 Å². The van der Waals surface area contributed by atoms with Gasteiger partial charge in [0.2, 0.25) is 0 Å². The van der Waals surface area contributed by atoms with Crippen LogP contribution in [0.15, 0.2) is 36.4 Å². The number of fused-ring (bicyclic) bond motifs is 2. The molecule has 1 N–H and O–H groups in total. The van der Waals surface area contributed by atoms with Crippen molar-refractivity contribution in [1.82, 2.24) is 5.32 Å². The predicted molar refractivity (Wildman–Crippen MR) is 86.1 cm³/mol. The Kier molecular flexibility index (Phi) is 4.18. The highest BCUT2D eigenvalue weighted by molar-refractivity contribution is 6.31. The van der Waals surface area contributed by atoms with Gasteiger partial charge in [-0.2, -0.15) is 0 Å². The minimum atomic E-state index is 0.466. The third-order valence-corrected chi connectivity index (χ3v) is 5.37. The van der Waals surface area contributed by atoms with Crippen LogP contribution in [-0.4, -0.2) is 12.1 Å². The number of halogens is 1. The molecule has 0 spiro atoms. The normalized spacial score (nSPS) is 30.6. The van der Waals surface area contributed by atoms with Crippen LogP contribution in [0, 0.1) is 17.8 Å². The highest BCUT2D eigenvalue weighted by Crippen LogP contribution is 2.44. The lowest BCUT2D eigenvalue weighted by Gasteiger charge is -2.29. The van der Waals surface area contributed by atoms with E-state index in [-0.39, 0.29) is 0 Å². The summed E-state index contributed by atoms with van der Waals surface area (Å²) in [6.07, 6.45) is 8.61. The van der Waals surface area contributed by atoms with E-state index in [0.717, 1.165) is 29.2 Å². The van der Waals surface area contributed by atoms with Gasteiger partial charge in [-0.05, 0) is 62.5 Å². The van der Waals surface area contributed by atoms with Crippen molar-refractivity contribution in [3.05, 3.63) is 47.0 Å². The molecule has 0 aliphatic heterocycles. The van der Waals surface area contributed by atoms with Crippen molar-refractivity contribution in [2.75, 3.05) is 0 Å². The predicted octanol–water partition coefficient (Wildman–Crippen LogP) is 4.46. The van der Waals surface area contributed by atoms with E-state index in [2.05, 4.69) is 43.4 Å². The number of nitrogens with one attached hydrogen (secondary N) is 1. The molecule has 0 aromatic heterocycles. The van der Waals surface area contributed by atoms with E-state index in [9.17, 15) is 0 Å². The van der Waals surface area contributed by atoms with Crippen molar-refractivity contribution in [2.45, 2.75) is 45.2 Å². The lowest BCUT2D eigenvalue weighted by Crippen LogP contribution is -2.41. The van der Waals surface area contributed by atoms with Gasteiger partial charge in [0.1, 0.15) is 0 Å². The molecule has 108 valence electrons. The fourth-order valence-electron chi connectivity index (χ4n) is 4.02. The zero-order valence-electron chi connectivity index (χ0n) is 12.4. The van der Waals surface area contributed by atoms with E-state index in [1.807, 2.05) is 12.1 Å². The average Bonchev–Trinajstić information content (AvgIpc) is 3.03. The van der Waals surface area contributed by atoms with Crippen molar-refractivity contribution in [1.29, 1.82) is 0 Å². The minimum Gasteiger partial charge on any atom is -0.311 e. The summed E-state index contributed by atoms with van der Waals surface area (Å²) < 4.78 is 0. The molecule has 2 aliphatic rings. The smallest absolute Gasteiger partial charge is 0.0438 e. The monoisotopic (exact) mass is 289 g/mol. The number of rotatable bonds is 5. The van der Waals surface area contributed by atoms with E-state index in [1.54, 1.807) is 0 Å². The standard InChI is InChI=1S/C18H24ClN/c1-12(9-16-5-3-4-6-18(16)19)20-13(2)17-11-14-7-8-15(17)10-14/h3-8,12-15,17,20H,9-11H2,1-2H3. The van der Waals surface area contributed by atoms with Gasteiger partial charge in [-0.3, -0.25) is 0 Å². The maximum Gasteiger partial charge on any atom is 0.0438 e. The summed E-state index contributed by atoms with van der Waals surface area (Å²) >= 11 is 6.25. The van der Waals surface area contributed by atoms with Crippen LogP contribution in [0.5, 0.6) is 0 Å². The van der Waals surface area contributed by atoms with Gasteiger partial charge in [0.05, 0.1) is 0 Å². The van der Waals surface area contributed by atoms with Gasteiger partial charge in [-0.25, -0.2) is 0 Å². The zero-order valence-corrected chi connectivity index (χ0v) is 13.1. The maximum atomic E-state index is 6.25. The Morgan fingerprint density at radius 3 is 2.65 bits per heavy atom. The average molecular weight is 290 g/mol. The van der Waals surface area contributed by atoms with Crippen molar-refractivity contribution in [3.63, 3.8) is 0 Å². The number of allylic oxidation sites excluding steroid dienone is 2. The molecule has 3 rings (SSSR count). The maximum absolute atomic E-state index is 6.25. The molecule has 0 heterocycles. The van der Waals surface area contributed by atoms with Crippen LogP contribution in [0.2, 0.25) is 5.02 Å². The molecule has 1 nitrogen and oxygen atoms in total. The summed E-state index contributed by atoms with van der Waals surface area (Å²) in [5, 5.41) is 4.68. The van der Waals surface area contributed by atoms with Crippen molar-refractivity contribution in [2.24, 2.45) is 17.8 Å². The van der Waals surface area contributed by atoms with E-state index >= 15 is 0 Å². The summed E-state index contributed by atoms with van der Waals surface area (Å²) in [6.45, 7) is 4.62. The number of benzene rings is 1. The Morgan fingerprint density at radius 2 is 2.00 bits per heavy atom. The van der Waals surface area contributed by atoms with Crippen LogP contribution in [0.25, 0.3) is 0 Å². The molecule has 2 bridgehead atoms. The molecule has 5 unspecified atom stereocenters. The van der Waals surface area contributed by atoms with Crippen LogP contribution in [0.4, 0.5) is 0 Å². The summed E-state index contributed by atoms with van der Waals surface area (Å²) in [6, 6.07) is 9.23. The van der Waals surface area contributed by atoms with Crippen molar-refractivity contribution in [3.8, 4) is 0 Å². The highest BCUT2D eigenvalue weighted by Gasteiger charge is 2.38. The first-order chi connectivity index (χ1) is 9.63. The fourth-order valence-corrected chi connectivity index (χ4v) is 4.24. The second-order valence-corrected chi connectivity index (χ2v) is 7.00. The Labute approximate surface area is 127 Å². The van der Waals surface area contributed by atoms with E-state index in [0.29, 0.717) is 12.1 Å². The lowest BCUT2D eigenvalue weighted by atomic mass is 9.87. The lowest BCUT2D eigenvalue weighted by molar-refractivity contribution is 0.305. The Hall–Kier alpha value is -0.790. The molecule has 0 saturated heterocycles. The minimum absolute atomic E-state index is 0.466. The van der Waals surface area contributed by atoms with Crippen molar-refractivity contribution < 1.29 is 0 Å². The van der Waals surface area contributed by atoms with Crippen LogP contribution in [-0.2, 0) is 6.42 Å². The Balaban J connectivity index is 1.55. The first-order valence-corrected chi connectivity index (χ1v) is 8.19. The van der Waals surface area contributed by atoms with Gasteiger partial charge in [0.15, 0.2) is 0 Å². The summed E-state index contributed by atoms with van der Waals surface area (Å²) in [5.74, 6) is 2.49. The second kappa shape index (κ2) is 5.91. The van der Waals surface area contributed by atoms with Gasteiger partial charge < -0.3 is 5.32 Å². The first kappa shape index (κ1) is 14.2. The number of hydrogen-bond donors (Lipinski definition) is 1. The molecule has 5 atom stereocenters. The van der Waals surface area contributed by atoms with Gasteiger partial charge in [-0.15, -0.1) is 0 Å². The largest absolute Gasteiger partial charge is 0.311 e. The van der Waals surface area contributed by atoms with Gasteiger partial charge in [-0.1, -0.05) is 42.0 Å². The second-order valence-electron chi connectivity index (χ2n) is 6.60. The molecular weight excluding hydrogens is 266 g/mol. The Bertz CT molecular complexity index is 496. The third kappa shape index (κ3) is 2.94. The Morgan fingerprint density at radius 1 is 1.20 bits per heavy atom. The highest BCUT2D eigenvalue weighted by atomic mass is 35.5. The quantitative estimate of drug-likeness (QED) is 0.789. The van der Waals surface area contributed by atoms with Gasteiger partial charge in [0.25, 0.3) is 0 Å². The molecular formula is C18H24ClN. The molecule has 2 aliphatic carbocycles. The zero-order chi connectivity index (χ0) is 14.1. The van der Waals surface area contributed by atoms with Gasteiger partial charge >= 0.3 is 0 Å². The molecule has 20 heavy (non-hydrogen) atoms. The molecule has 0 amide bonds. The molecule has 1 aromatic carbocycles. The summed E-state index contributed by atoms with van der Waals surface area (Å²) in [5.41, 5.74) is 1.24. The fraction of sp³-hybridized carbons (Fsp3) is 0.556. The third-order valence-electron chi connectivity index (χ3n) is 5.00. The first-order valence-electron chi connectivity index (χ1n) is 7.81. The van der Waals surface area contributed by atoms with E-state index in [1.165, 1.54) is 18.4 Å². The van der Waals surface area contributed by atoms with E-state index < -0.39 is 0 Å².